The van der Waals surface area contributed by atoms with Crippen molar-refractivity contribution in [1.82, 2.24) is 20.1 Å². The zero-order valence-electron chi connectivity index (χ0n) is 10.5. The van der Waals surface area contributed by atoms with E-state index >= 15 is 0 Å². The highest BCUT2D eigenvalue weighted by Crippen LogP contribution is 2.02. The summed E-state index contributed by atoms with van der Waals surface area (Å²) in [5.41, 5.74) is 7.69. The number of nitrogens with two attached hydrogens (primary N) is 1. The van der Waals surface area contributed by atoms with Gasteiger partial charge in [0.15, 0.2) is 0 Å². The standard InChI is InChI=1S/C12H15N5O.ClH/c1-17-11(3-5-16-17)8-15-12(18)9-2-4-14-10(6-9)7-13;/h2-6H,7-8,13H2,1H3,(H,15,18);1H. The van der Waals surface area contributed by atoms with Crippen LogP contribution in [0.3, 0.4) is 0 Å². The molecule has 2 aromatic heterocycles. The van der Waals surface area contributed by atoms with E-state index in [-0.39, 0.29) is 18.3 Å². The summed E-state index contributed by atoms with van der Waals surface area (Å²) in [6.07, 6.45) is 3.28. The third-order valence-corrected chi connectivity index (χ3v) is 2.64. The Morgan fingerprint density at radius 2 is 2.21 bits per heavy atom. The normalized spacial score (nSPS) is 9.79. The van der Waals surface area contributed by atoms with E-state index in [0.29, 0.717) is 24.3 Å². The highest BCUT2D eigenvalue weighted by molar-refractivity contribution is 5.94. The van der Waals surface area contributed by atoms with Crippen molar-refractivity contribution >= 4 is 18.3 Å². The SMILES string of the molecule is Cl.Cn1nccc1CNC(=O)c1ccnc(CN)c1. The van der Waals surface area contributed by atoms with Gasteiger partial charge in [-0.05, 0) is 18.2 Å². The number of aromatic nitrogens is 3. The van der Waals surface area contributed by atoms with Gasteiger partial charge < -0.3 is 11.1 Å². The maximum Gasteiger partial charge on any atom is 0.251 e. The Labute approximate surface area is 117 Å². The maximum atomic E-state index is 11.9. The Bertz CT molecular complexity index is 555. The summed E-state index contributed by atoms with van der Waals surface area (Å²) in [6, 6.07) is 5.22. The van der Waals surface area contributed by atoms with Crippen LogP contribution < -0.4 is 11.1 Å². The van der Waals surface area contributed by atoms with Crippen LogP contribution in [-0.2, 0) is 20.1 Å². The van der Waals surface area contributed by atoms with E-state index in [0.717, 1.165) is 5.69 Å². The monoisotopic (exact) mass is 281 g/mol. The van der Waals surface area contributed by atoms with Crippen molar-refractivity contribution < 1.29 is 4.79 Å². The quantitative estimate of drug-likeness (QED) is 0.860. The first-order chi connectivity index (χ1) is 8.70. The number of halogens is 1. The van der Waals surface area contributed by atoms with Crippen LogP contribution >= 0.6 is 12.4 Å². The Balaban J connectivity index is 0.00000180. The summed E-state index contributed by atoms with van der Waals surface area (Å²) in [7, 11) is 1.83. The van der Waals surface area contributed by atoms with E-state index in [1.54, 1.807) is 29.2 Å². The number of nitrogens with zero attached hydrogens (tertiary/aromatic N) is 3. The molecule has 6 nitrogen and oxygen atoms in total. The van der Waals surface area contributed by atoms with Crippen LogP contribution in [0.4, 0.5) is 0 Å². The molecule has 2 rings (SSSR count). The third-order valence-electron chi connectivity index (χ3n) is 2.64. The lowest BCUT2D eigenvalue weighted by atomic mass is 10.2. The molecule has 0 bridgehead atoms. The number of nitrogens with one attached hydrogen (secondary N) is 1. The van der Waals surface area contributed by atoms with Crippen LogP contribution in [-0.4, -0.2) is 20.7 Å². The molecule has 7 heteroatoms. The first-order valence-corrected chi connectivity index (χ1v) is 5.61. The molecule has 0 aliphatic rings. The van der Waals surface area contributed by atoms with Gasteiger partial charge in [-0.1, -0.05) is 0 Å². The van der Waals surface area contributed by atoms with Crippen molar-refractivity contribution in [2.45, 2.75) is 13.1 Å². The number of pyridine rings is 1. The molecule has 0 aliphatic heterocycles. The molecule has 2 heterocycles. The summed E-state index contributed by atoms with van der Waals surface area (Å²) in [5, 5.41) is 6.86. The molecular weight excluding hydrogens is 266 g/mol. The van der Waals surface area contributed by atoms with Crippen LogP contribution in [0.15, 0.2) is 30.6 Å². The van der Waals surface area contributed by atoms with E-state index in [9.17, 15) is 4.79 Å². The Morgan fingerprint density at radius 1 is 1.42 bits per heavy atom. The molecule has 3 N–H and O–H groups in total. The van der Waals surface area contributed by atoms with Crippen LogP contribution in [0.25, 0.3) is 0 Å². The molecule has 0 radical (unpaired) electrons. The van der Waals surface area contributed by atoms with Gasteiger partial charge >= 0.3 is 0 Å². The molecule has 0 spiro atoms. The van der Waals surface area contributed by atoms with Crippen molar-refractivity contribution in [2.24, 2.45) is 12.8 Å². The zero-order valence-corrected chi connectivity index (χ0v) is 11.4. The number of aryl methyl sites for hydroxylation is 1. The number of carbonyl (C=O) groups is 1. The largest absolute Gasteiger partial charge is 0.346 e. The average Bonchev–Trinajstić information content (AvgIpc) is 2.81. The van der Waals surface area contributed by atoms with Gasteiger partial charge in [-0.15, -0.1) is 12.4 Å². The second kappa shape index (κ2) is 6.86. The maximum absolute atomic E-state index is 11.9. The van der Waals surface area contributed by atoms with E-state index in [1.807, 2.05) is 13.1 Å². The van der Waals surface area contributed by atoms with E-state index < -0.39 is 0 Å². The predicted molar refractivity (Wildman–Crippen MR) is 73.8 cm³/mol. The number of hydrogen-bond donors (Lipinski definition) is 2. The fourth-order valence-corrected chi connectivity index (χ4v) is 1.58. The van der Waals surface area contributed by atoms with Crippen molar-refractivity contribution in [3.05, 3.63) is 47.5 Å². The van der Waals surface area contributed by atoms with Gasteiger partial charge in [-0.2, -0.15) is 5.10 Å². The third kappa shape index (κ3) is 3.77. The summed E-state index contributed by atoms with van der Waals surface area (Å²) in [5.74, 6) is -0.145. The Kier molecular flexibility index (Phi) is 5.47. The number of rotatable bonds is 4. The summed E-state index contributed by atoms with van der Waals surface area (Å²) >= 11 is 0. The predicted octanol–water partition coefficient (Wildman–Crippen LogP) is 0.626. The molecule has 0 atom stereocenters. The van der Waals surface area contributed by atoms with Crippen molar-refractivity contribution in [3.8, 4) is 0 Å². The topological polar surface area (TPSA) is 85.8 Å². The summed E-state index contributed by atoms with van der Waals surface area (Å²) in [4.78, 5) is 16.0. The second-order valence-corrected chi connectivity index (χ2v) is 3.87. The van der Waals surface area contributed by atoms with Crippen LogP contribution in [0.2, 0.25) is 0 Å². The minimum Gasteiger partial charge on any atom is -0.346 e. The minimum atomic E-state index is -0.145. The molecule has 0 saturated heterocycles. The first-order valence-electron chi connectivity index (χ1n) is 5.61. The van der Waals surface area contributed by atoms with E-state index in [4.69, 9.17) is 5.73 Å². The lowest BCUT2D eigenvalue weighted by molar-refractivity contribution is 0.0950. The number of carbonyl (C=O) groups excluding carboxylic acids is 1. The molecular formula is C12H16ClN5O. The molecule has 0 aromatic carbocycles. The Morgan fingerprint density at radius 3 is 2.84 bits per heavy atom. The Hall–Kier alpha value is -1.92. The second-order valence-electron chi connectivity index (χ2n) is 3.87. The lowest BCUT2D eigenvalue weighted by Crippen LogP contribution is -2.24. The molecule has 0 unspecified atom stereocenters. The van der Waals surface area contributed by atoms with E-state index in [2.05, 4.69) is 15.4 Å². The summed E-state index contributed by atoms with van der Waals surface area (Å²) < 4.78 is 1.72. The fourth-order valence-electron chi connectivity index (χ4n) is 1.58. The van der Waals surface area contributed by atoms with Gasteiger partial charge in [0.05, 0.1) is 17.9 Å². The lowest BCUT2D eigenvalue weighted by Gasteiger charge is -2.06. The van der Waals surface area contributed by atoms with Crippen LogP contribution in [0, 0.1) is 0 Å². The van der Waals surface area contributed by atoms with Crippen molar-refractivity contribution in [1.29, 1.82) is 0 Å². The molecule has 102 valence electrons. The van der Waals surface area contributed by atoms with Gasteiger partial charge in [-0.3, -0.25) is 14.5 Å². The highest BCUT2D eigenvalue weighted by atomic mass is 35.5. The molecule has 0 fully saturated rings. The molecule has 0 saturated carbocycles. The van der Waals surface area contributed by atoms with Crippen LogP contribution in [0.1, 0.15) is 21.7 Å². The summed E-state index contributed by atoms with van der Waals surface area (Å²) in [6.45, 7) is 0.762. The average molecular weight is 282 g/mol. The van der Waals surface area contributed by atoms with E-state index in [1.165, 1.54) is 0 Å². The van der Waals surface area contributed by atoms with Crippen molar-refractivity contribution in [3.63, 3.8) is 0 Å². The zero-order chi connectivity index (χ0) is 13.0. The smallest absolute Gasteiger partial charge is 0.251 e. The fraction of sp³-hybridized carbons (Fsp3) is 0.250. The van der Waals surface area contributed by atoms with Gasteiger partial charge in [0.1, 0.15) is 0 Å². The molecule has 1 amide bonds. The number of amides is 1. The van der Waals surface area contributed by atoms with Crippen LogP contribution in [0.5, 0.6) is 0 Å². The molecule has 19 heavy (non-hydrogen) atoms. The van der Waals surface area contributed by atoms with Gasteiger partial charge in [0.25, 0.3) is 5.91 Å². The molecule has 0 aliphatic carbocycles. The van der Waals surface area contributed by atoms with Gasteiger partial charge in [-0.25, -0.2) is 0 Å². The van der Waals surface area contributed by atoms with Gasteiger partial charge in [0.2, 0.25) is 0 Å². The van der Waals surface area contributed by atoms with Gasteiger partial charge in [0, 0.05) is 31.5 Å². The highest BCUT2D eigenvalue weighted by Gasteiger charge is 2.07. The first kappa shape index (κ1) is 15.1. The number of hydrogen-bond acceptors (Lipinski definition) is 4. The minimum absolute atomic E-state index is 0. The molecule has 2 aromatic rings. The van der Waals surface area contributed by atoms with Crippen molar-refractivity contribution in [2.75, 3.05) is 0 Å².